The van der Waals surface area contributed by atoms with Gasteiger partial charge in [0.05, 0.1) is 23.3 Å². The minimum atomic E-state index is 0.639. The van der Waals surface area contributed by atoms with Crippen LogP contribution in [0.4, 0.5) is 5.69 Å². The number of hydrogen-bond acceptors (Lipinski definition) is 2. The van der Waals surface area contributed by atoms with Crippen LogP contribution in [0, 0.1) is 0 Å². The maximum atomic E-state index is 6.61. The summed E-state index contributed by atoms with van der Waals surface area (Å²) in [6.07, 6.45) is 0. The van der Waals surface area contributed by atoms with Gasteiger partial charge in [0.25, 0.3) is 0 Å². The quantitative estimate of drug-likeness (QED) is 0.294. The third-order valence-electron chi connectivity index (χ3n) is 5.70. The molecule has 0 bridgehead atoms. The van der Waals surface area contributed by atoms with Gasteiger partial charge in [0.15, 0.2) is 5.84 Å². The molecule has 0 spiro atoms. The van der Waals surface area contributed by atoms with Gasteiger partial charge < -0.3 is 4.57 Å². The highest BCUT2D eigenvalue weighted by molar-refractivity contribution is 6.26. The number of halogens is 1. The molecule has 2 heterocycles. The zero-order valence-corrected chi connectivity index (χ0v) is 16.9. The van der Waals surface area contributed by atoms with Gasteiger partial charge in [-0.15, -0.1) is 0 Å². The minimum Gasteiger partial charge on any atom is -0.309 e. The lowest BCUT2D eigenvalue weighted by atomic mass is 10.1. The van der Waals surface area contributed by atoms with Gasteiger partial charge in [-0.05, 0) is 48.0 Å². The third-order valence-corrected chi connectivity index (χ3v) is 5.98. The van der Waals surface area contributed by atoms with Crippen molar-refractivity contribution in [2.24, 2.45) is 4.99 Å². The van der Waals surface area contributed by atoms with Crippen LogP contribution in [0.15, 0.2) is 102 Å². The van der Waals surface area contributed by atoms with E-state index in [1.807, 2.05) is 24.3 Å². The van der Waals surface area contributed by atoms with E-state index in [0.29, 0.717) is 6.54 Å². The van der Waals surface area contributed by atoms with Crippen molar-refractivity contribution in [3.63, 3.8) is 0 Å². The average Bonchev–Trinajstić information content (AvgIpc) is 3.13. The molecule has 30 heavy (non-hydrogen) atoms. The molecule has 0 saturated heterocycles. The molecule has 0 radical (unpaired) electrons. The second kappa shape index (κ2) is 6.75. The number of rotatable bonds is 2. The van der Waals surface area contributed by atoms with Crippen LogP contribution in [0.25, 0.3) is 27.5 Å². The fourth-order valence-electron chi connectivity index (χ4n) is 4.32. The normalized spacial score (nSPS) is 13.5. The molecule has 4 aromatic carbocycles. The molecule has 4 heteroatoms. The lowest BCUT2D eigenvalue weighted by molar-refractivity contribution is 0.642. The largest absolute Gasteiger partial charge is 0.309 e. The average molecular weight is 408 g/mol. The first-order valence-electron chi connectivity index (χ1n) is 9.98. The summed E-state index contributed by atoms with van der Waals surface area (Å²) >= 11 is 6.61. The highest BCUT2D eigenvalue weighted by atomic mass is 35.5. The van der Waals surface area contributed by atoms with Crippen LogP contribution < -0.4 is 0 Å². The van der Waals surface area contributed by atoms with Gasteiger partial charge in [-0.2, -0.15) is 0 Å². The Hall–Kier alpha value is -3.56. The van der Waals surface area contributed by atoms with Crippen molar-refractivity contribution < 1.29 is 0 Å². The Morgan fingerprint density at radius 2 is 1.43 bits per heavy atom. The summed E-state index contributed by atoms with van der Waals surface area (Å²) in [5, 5.41) is 2.41. The number of nitrogens with zero attached hydrogens (tertiary/aromatic N) is 3. The second-order valence-electron chi connectivity index (χ2n) is 7.50. The maximum absolute atomic E-state index is 6.61. The molecular formula is C26H18ClN3. The zero-order chi connectivity index (χ0) is 20.1. The van der Waals surface area contributed by atoms with E-state index < -0.39 is 0 Å². The maximum Gasteiger partial charge on any atom is 0.151 e. The van der Waals surface area contributed by atoms with E-state index in [2.05, 4.69) is 77.4 Å². The van der Waals surface area contributed by atoms with Gasteiger partial charge in [-0.3, -0.25) is 4.42 Å². The summed E-state index contributed by atoms with van der Waals surface area (Å²) in [6, 6.07) is 33.6. The molecule has 5 aromatic rings. The fourth-order valence-corrected chi connectivity index (χ4v) is 4.58. The van der Waals surface area contributed by atoms with Crippen LogP contribution in [-0.2, 0) is 6.54 Å². The van der Waals surface area contributed by atoms with Gasteiger partial charge in [-0.25, -0.2) is 4.99 Å². The molecule has 0 unspecified atom stereocenters. The van der Waals surface area contributed by atoms with Crippen LogP contribution in [0.2, 0.25) is 0 Å². The Balaban J connectivity index is 1.60. The van der Waals surface area contributed by atoms with Crippen molar-refractivity contribution in [1.82, 2.24) is 8.99 Å². The van der Waals surface area contributed by atoms with E-state index in [-0.39, 0.29) is 0 Å². The predicted octanol–water partition coefficient (Wildman–Crippen LogP) is 6.83. The van der Waals surface area contributed by atoms with Gasteiger partial charge in [0, 0.05) is 33.8 Å². The molecule has 0 fully saturated rings. The Labute approximate surface area is 179 Å². The Morgan fingerprint density at radius 3 is 2.33 bits per heavy atom. The molecule has 6 rings (SSSR count). The number of para-hydroxylation sites is 3. The van der Waals surface area contributed by atoms with Crippen molar-refractivity contribution in [2.45, 2.75) is 6.54 Å². The topological polar surface area (TPSA) is 20.5 Å². The van der Waals surface area contributed by atoms with E-state index in [1.165, 1.54) is 21.8 Å². The van der Waals surface area contributed by atoms with E-state index >= 15 is 0 Å². The van der Waals surface area contributed by atoms with Crippen LogP contribution in [0.1, 0.15) is 11.1 Å². The summed E-state index contributed by atoms with van der Waals surface area (Å²) in [5.74, 6) is 0.786. The molecule has 3 nitrogen and oxygen atoms in total. The standard InChI is InChI=1S/C26H18ClN3/c27-29-17-19-8-4-6-12-23(19)28-26(29)18-14-15-25-22(16-18)21-11-5-7-13-24(21)30(25)20-9-2-1-3-10-20/h1-16H,17H2. The number of hydrogen-bond donors (Lipinski definition) is 0. The smallest absolute Gasteiger partial charge is 0.151 e. The van der Waals surface area contributed by atoms with Crippen molar-refractivity contribution in [2.75, 3.05) is 0 Å². The molecule has 0 N–H and O–H groups in total. The molecular weight excluding hydrogens is 390 g/mol. The molecule has 144 valence electrons. The van der Waals surface area contributed by atoms with E-state index in [1.54, 1.807) is 4.42 Å². The SMILES string of the molecule is ClN1Cc2ccccc2N=C1c1ccc2c(c1)c1ccccc1n2-c1ccccc1. The number of fused-ring (bicyclic) bond motifs is 4. The van der Waals surface area contributed by atoms with Gasteiger partial charge in [-0.1, -0.05) is 54.6 Å². The monoisotopic (exact) mass is 407 g/mol. The first-order chi connectivity index (χ1) is 14.8. The first-order valence-corrected chi connectivity index (χ1v) is 10.3. The molecule has 0 amide bonds. The van der Waals surface area contributed by atoms with Crippen LogP contribution in [0.3, 0.4) is 0 Å². The molecule has 1 aliphatic rings. The summed E-state index contributed by atoms with van der Waals surface area (Å²) in [6.45, 7) is 0.639. The number of amidine groups is 1. The fraction of sp³-hybridized carbons (Fsp3) is 0.0385. The van der Waals surface area contributed by atoms with Gasteiger partial charge in [0.1, 0.15) is 0 Å². The highest BCUT2D eigenvalue weighted by Gasteiger charge is 2.21. The van der Waals surface area contributed by atoms with Gasteiger partial charge in [0.2, 0.25) is 0 Å². The van der Waals surface area contributed by atoms with Crippen molar-refractivity contribution >= 4 is 45.1 Å². The molecule has 0 aliphatic carbocycles. The first kappa shape index (κ1) is 17.3. The number of aliphatic imine (C=N–C) groups is 1. The lowest BCUT2D eigenvalue weighted by Gasteiger charge is -2.24. The summed E-state index contributed by atoms with van der Waals surface area (Å²) < 4.78 is 4.02. The van der Waals surface area contributed by atoms with Crippen molar-refractivity contribution in [3.8, 4) is 5.69 Å². The Morgan fingerprint density at radius 1 is 0.700 bits per heavy atom. The van der Waals surface area contributed by atoms with Crippen LogP contribution >= 0.6 is 11.8 Å². The van der Waals surface area contributed by atoms with E-state index in [4.69, 9.17) is 16.8 Å². The van der Waals surface area contributed by atoms with Crippen molar-refractivity contribution in [1.29, 1.82) is 0 Å². The number of aromatic nitrogens is 1. The molecule has 0 atom stereocenters. The zero-order valence-electron chi connectivity index (χ0n) is 16.2. The summed E-state index contributed by atoms with van der Waals surface area (Å²) in [5.41, 5.74) is 6.65. The minimum absolute atomic E-state index is 0.639. The second-order valence-corrected chi connectivity index (χ2v) is 7.91. The van der Waals surface area contributed by atoms with Crippen LogP contribution in [0.5, 0.6) is 0 Å². The Bertz CT molecular complexity index is 1430. The van der Waals surface area contributed by atoms with E-state index in [9.17, 15) is 0 Å². The van der Waals surface area contributed by atoms with Crippen LogP contribution in [-0.4, -0.2) is 14.8 Å². The summed E-state index contributed by atoms with van der Waals surface area (Å²) in [4.78, 5) is 4.85. The number of benzene rings is 4. The third kappa shape index (κ3) is 2.63. The summed E-state index contributed by atoms with van der Waals surface area (Å²) in [7, 11) is 0. The lowest BCUT2D eigenvalue weighted by Crippen LogP contribution is -2.25. The predicted molar refractivity (Wildman–Crippen MR) is 125 cm³/mol. The molecule has 1 aliphatic heterocycles. The Kier molecular flexibility index (Phi) is 3.90. The highest BCUT2D eigenvalue weighted by Crippen LogP contribution is 2.34. The molecule has 0 saturated carbocycles. The van der Waals surface area contributed by atoms with Crippen molar-refractivity contribution in [3.05, 3.63) is 108 Å². The van der Waals surface area contributed by atoms with E-state index in [0.717, 1.165) is 28.3 Å². The molecule has 1 aromatic heterocycles. The van der Waals surface area contributed by atoms with Gasteiger partial charge >= 0.3 is 0 Å².